The van der Waals surface area contributed by atoms with Gasteiger partial charge < -0.3 is 19.1 Å². The highest BCUT2D eigenvalue weighted by Gasteiger charge is 2.27. The Morgan fingerprint density at radius 3 is 2.77 bits per heavy atom. The standard InChI is InChI=1S/C29H28FN5O4S/c30-23-12-18(14-31)3-4-20(23)17-39-27-22(2-1-8-32-27)19-5-9-34(10-6-19)16-26-33-28-24(13-25(40-28)29(36)37)35(26)15-21-7-11-38-21/h1-4,8,12-13,19,21H,5-7,9-11,15-17H2,(H,36,37). The molecule has 0 radical (unpaired) electrons. The minimum atomic E-state index is -0.932. The van der Waals surface area contributed by atoms with Gasteiger partial charge in [-0.05, 0) is 62.5 Å². The van der Waals surface area contributed by atoms with E-state index in [9.17, 15) is 14.3 Å². The fourth-order valence-electron chi connectivity index (χ4n) is 5.34. The number of ether oxygens (including phenoxy) is 2. The van der Waals surface area contributed by atoms with Crippen LogP contribution in [0.1, 0.15) is 57.4 Å². The number of benzene rings is 1. The molecule has 1 N–H and O–H groups in total. The number of rotatable bonds is 9. The summed E-state index contributed by atoms with van der Waals surface area (Å²) in [6, 6.07) is 11.9. The maximum atomic E-state index is 14.3. The van der Waals surface area contributed by atoms with Crippen LogP contribution in [0.15, 0.2) is 42.6 Å². The number of hydrogen-bond acceptors (Lipinski definition) is 8. The molecular weight excluding hydrogens is 533 g/mol. The van der Waals surface area contributed by atoms with E-state index in [0.29, 0.717) is 29.4 Å². The second kappa shape index (κ2) is 11.3. The van der Waals surface area contributed by atoms with Crippen LogP contribution in [0.25, 0.3) is 10.3 Å². The molecule has 4 aromatic rings. The number of aromatic nitrogens is 3. The molecule has 2 aliphatic rings. The van der Waals surface area contributed by atoms with Gasteiger partial charge in [0.05, 0.1) is 36.3 Å². The number of carboxylic acids is 1. The van der Waals surface area contributed by atoms with Crippen molar-refractivity contribution in [2.75, 3.05) is 19.7 Å². The van der Waals surface area contributed by atoms with E-state index in [1.807, 2.05) is 18.2 Å². The van der Waals surface area contributed by atoms with Crippen molar-refractivity contribution in [3.8, 4) is 11.9 Å². The summed E-state index contributed by atoms with van der Waals surface area (Å²) in [6.45, 7) is 3.88. The summed E-state index contributed by atoms with van der Waals surface area (Å²) in [5, 5.41) is 18.4. The molecule has 9 nitrogen and oxygen atoms in total. The number of nitrogens with zero attached hydrogens (tertiary/aromatic N) is 5. The molecule has 2 saturated heterocycles. The van der Waals surface area contributed by atoms with E-state index in [4.69, 9.17) is 19.7 Å². The van der Waals surface area contributed by atoms with Gasteiger partial charge in [-0.2, -0.15) is 5.26 Å². The lowest BCUT2D eigenvalue weighted by molar-refractivity contribution is -0.0592. The maximum Gasteiger partial charge on any atom is 0.346 e. The number of carboxylic acid groups (broad SMARTS) is 1. The number of pyridine rings is 1. The minimum absolute atomic E-state index is 0.0362. The lowest BCUT2D eigenvalue weighted by Gasteiger charge is -2.33. The number of fused-ring (bicyclic) bond motifs is 1. The zero-order valence-electron chi connectivity index (χ0n) is 21.8. The lowest BCUT2D eigenvalue weighted by atomic mass is 9.90. The Morgan fingerprint density at radius 2 is 2.08 bits per heavy atom. The average Bonchev–Trinajstić information content (AvgIpc) is 3.49. The first kappa shape index (κ1) is 26.4. The Labute approximate surface area is 234 Å². The molecule has 206 valence electrons. The first-order valence-electron chi connectivity index (χ1n) is 13.3. The summed E-state index contributed by atoms with van der Waals surface area (Å²) >= 11 is 1.21. The Morgan fingerprint density at radius 1 is 1.25 bits per heavy atom. The topological polar surface area (TPSA) is 114 Å². The van der Waals surface area contributed by atoms with Gasteiger partial charge in [-0.15, -0.1) is 11.3 Å². The number of aromatic carboxylic acids is 1. The SMILES string of the molecule is N#Cc1ccc(COc2ncccc2C2CCN(Cc3nc4sc(C(=O)O)cc4n3CC3CCO3)CC2)c(F)c1. The van der Waals surface area contributed by atoms with Gasteiger partial charge in [0.15, 0.2) is 0 Å². The average molecular weight is 562 g/mol. The molecule has 40 heavy (non-hydrogen) atoms. The predicted molar refractivity (Wildman–Crippen MR) is 146 cm³/mol. The molecule has 0 bridgehead atoms. The van der Waals surface area contributed by atoms with Crippen LogP contribution in [0.5, 0.6) is 5.88 Å². The van der Waals surface area contributed by atoms with Gasteiger partial charge in [0.1, 0.15) is 28.0 Å². The third kappa shape index (κ3) is 5.43. The van der Waals surface area contributed by atoms with Crippen molar-refractivity contribution >= 4 is 27.7 Å². The molecule has 0 amide bonds. The number of thiophene rings is 1. The van der Waals surface area contributed by atoms with E-state index >= 15 is 0 Å². The molecule has 1 unspecified atom stereocenters. The van der Waals surface area contributed by atoms with Gasteiger partial charge in [-0.3, -0.25) is 4.90 Å². The number of carbonyl (C=O) groups is 1. The summed E-state index contributed by atoms with van der Waals surface area (Å²) < 4.78 is 28.1. The molecule has 11 heteroatoms. The maximum absolute atomic E-state index is 14.3. The monoisotopic (exact) mass is 561 g/mol. The first-order valence-corrected chi connectivity index (χ1v) is 14.1. The summed E-state index contributed by atoms with van der Waals surface area (Å²) in [6.07, 6.45) is 4.63. The van der Waals surface area contributed by atoms with Crippen LogP contribution in [0.4, 0.5) is 4.39 Å². The number of hydrogen-bond donors (Lipinski definition) is 1. The Bertz CT molecular complexity index is 1580. The Balaban J connectivity index is 1.12. The van der Waals surface area contributed by atoms with Gasteiger partial charge in [0.25, 0.3) is 0 Å². The van der Waals surface area contributed by atoms with Crippen LogP contribution in [0.3, 0.4) is 0 Å². The highest BCUT2D eigenvalue weighted by atomic mass is 32.1. The quantitative estimate of drug-likeness (QED) is 0.305. The molecular formula is C29H28FN5O4S. The van der Waals surface area contributed by atoms with Crippen molar-refractivity contribution in [3.05, 3.63) is 75.8 Å². The van der Waals surface area contributed by atoms with Gasteiger partial charge in [-0.1, -0.05) is 12.1 Å². The second-order valence-corrected chi connectivity index (χ2v) is 11.2. The third-order valence-electron chi connectivity index (χ3n) is 7.66. The molecule has 5 heterocycles. The fourth-order valence-corrected chi connectivity index (χ4v) is 6.23. The van der Waals surface area contributed by atoms with Gasteiger partial charge >= 0.3 is 5.97 Å². The third-order valence-corrected chi connectivity index (χ3v) is 8.66. The summed E-state index contributed by atoms with van der Waals surface area (Å²) in [7, 11) is 0. The van der Waals surface area contributed by atoms with E-state index in [0.717, 1.165) is 60.7 Å². The van der Waals surface area contributed by atoms with Crippen molar-refractivity contribution in [1.82, 2.24) is 19.4 Å². The zero-order valence-corrected chi connectivity index (χ0v) is 22.6. The summed E-state index contributed by atoms with van der Waals surface area (Å²) in [5.74, 6) is 0.303. The van der Waals surface area contributed by atoms with Crippen molar-refractivity contribution in [1.29, 1.82) is 5.26 Å². The van der Waals surface area contributed by atoms with E-state index in [1.54, 1.807) is 24.4 Å². The van der Waals surface area contributed by atoms with Crippen molar-refractivity contribution in [2.45, 2.75) is 51.0 Å². The van der Waals surface area contributed by atoms with E-state index in [2.05, 4.69) is 14.5 Å². The molecule has 1 aromatic carbocycles. The van der Waals surface area contributed by atoms with Crippen LogP contribution < -0.4 is 4.74 Å². The van der Waals surface area contributed by atoms with Crippen LogP contribution in [0, 0.1) is 17.1 Å². The van der Waals surface area contributed by atoms with Gasteiger partial charge in [0, 0.05) is 23.9 Å². The number of imidazole rings is 1. The number of piperidine rings is 1. The molecule has 2 fully saturated rings. The number of halogens is 1. The van der Waals surface area contributed by atoms with Gasteiger partial charge in [-0.25, -0.2) is 19.2 Å². The molecule has 0 saturated carbocycles. The largest absolute Gasteiger partial charge is 0.477 e. The molecule has 6 rings (SSSR count). The van der Waals surface area contributed by atoms with Crippen LogP contribution in [-0.4, -0.2) is 56.3 Å². The van der Waals surface area contributed by atoms with Crippen molar-refractivity contribution in [2.24, 2.45) is 0 Å². The summed E-state index contributed by atoms with van der Waals surface area (Å²) in [5.41, 5.74) is 2.53. The van der Waals surface area contributed by atoms with Crippen LogP contribution >= 0.6 is 11.3 Å². The molecule has 1 atom stereocenters. The van der Waals surface area contributed by atoms with Crippen LogP contribution in [-0.2, 0) is 24.4 Å². The van der Waals surface area contributed by atoms with E-state index in [-0.39, 0.29) is 24.2 Å². The predicted octanol–water partition coefficient (Wildman–Crippen LogP) is 4.95. The Hall–Kier alpha value is -3.85. The summed E-state index contributed by atoms with van der Waals surface area (Å²) in [4.78, 5) is 24.2. The highest BCUT2D eigenvalue weighted by Crippen LogP contribution is 2.35. The van der Waals surface area contributed by atoms with Crippen molar-refractivity contribution in [3.63, 3.8) is 0 Å². The second-order valence-electron chi connectivity index (χ2n) is 10.2. The van der Waals surface area contributed by atoms with E-state index < -0.39 is 11.8 Å². The van der Waals surface area contributed by atoms with Crippen LogP contribution in [0.2, 0.25) is 0 Å². The zero-order chi connectivity index (χ0) is 27.6. The molecule has 3 aromatic heterocycles. The van der Waals surface area contributed by atoms with Gasteiger partial charge in [0.2, 0.25) is 5.88 Å². The van der Waals surface area contributed by atoms with Crippen molar-refractivity contribution < 1.29 is 23.8 Å². The number of nitriles is 1. The smallest absolute Gasteiger partial charge is 0.346 e. The lowest BCUT2D eigenvalue weighted by Crippen LogP contribution is -2.35. The molecule has 0 spiro atoms. The van der Waals surface area contributed by atoms with E-state index in [1.165, 1.54) is 17.4 Å². The first-order chi connectivity index (χ1) is 19.5. The number of likely N-dealkylation sites (tertiary alicyclic amines) is 1. The molecule has 2 aliphatic heterocycles. The minimum Gasteiger partial charge on any atom is -0.477 e. The molecule has 0 aliphatic carbocycles. The Kier molecular flexibility index (Phi) is 7.47. The fraction of sp³-hybridized carbons (Fsp3) is 0.379. The normalized spacial score (nSPS) is 17.9. The highest BCUT2D eigenvalue weighted by molar-refractivity contribution is 7.20.